The van der Waals surface area contributed by atoms with E-state index in [0.29, 0.717) is 35.9 Å². The number of furan rings is 1. The summed E-state index contributed by atoms with van der Waals surface area (Å²) in [5.41, 5.74) is 2.29. The lowest BCUT2D eigenvalue weighted by atomic mass is 9.92. The minimum absolute atomic E-state index is 0.0622. The molecule has 3 aromatic rings. The van der Waals surface area contributed by atoms with Crippen LogP contribution in [-0.4, -0.2) is 28.3 Å². The van der Waals surface area contributed by atoms with Gasteiger partial charge in [0, 0.05) is 24.6 Å². The van der Waals surface area contributed by atoms with Crippen LogP contribution < -0.4 is 5.32 Å². The molecule has 1 atom stereocenters. The lowest BCUT2D eigenvalue weighted by molar-refractivity contribution is -0.116. The van der Waals surface area contributed by atoms with E-state index in [0.717, 1.165) is 11.1 Å². The second kappa shape index (κ2) is 6.75. The number of nitrogens with one attached hydrogen (secondary N) is 1. The Morgan fingerprint density at radius 2 is 2.07 bits per heavy atom. The number of aryl methyl sites for hydroxylation is 1. The van der Waals surface area contributed by atoms with Crippen molar-refractivity contribution in [2.45, 2.75) is 19.3 Å². The highest BCUT2D eigenvalue weighted by Gasteiger charge is 2.31. The van der Waals surface area contributed by atoms with Crippen molar-refractivity contribution in [3.05, 3.63) is 59.5 Å². The van der Waals surface area contributed by atoms with E-state index in [1.165, 1.54) is 0 Å². The summed E-state index contributed by atoms with van der Waals surface area (Å²) in [6, 6.07) is 10.8. The first-order valence-electron chi connectivity index (χ1n) is 8.76. The van der Waals surface area contributed by atoms with Gasteiger partial charge in [0.25, 0.3) is 0 Å². The molecule has 1 aliphatic heterocycles. The summed E-state index contributed by atoms with van der Waals surface area (Å²) >= 11 is 0. The zero-order valence-electron chi connectivity index (χ0n) is 15.1. The molecule has 138 valence electrons. The van der Waals surface area contributed by atoms with Crippen LogP contribution in [0.5, 0.6) is 0 Å². The second-order valence-electron chi connectivity index (χ2n) is 6.38. The first-order chi connectivity index (χ1) is 13.1. The molecular weight excluding hydrogens is 346 g/mol. The number of hydrogen-bond donors (Lipinski definition) is 1. The van der Waals surface area contributed by atoms with E-state index in [9.17, 15) is 9.59 Å². The Hall–Kier alpha value is -3.35. The van der Waals surface area contributed by atoms with Gasteiger partial charge in [0.15, 0.2) is 0 Å². The van der Waals surface area contributed by atoms with Crippen molar-refractivity contribution in [1.82, 2.24) is 9.78 Å². The van der Waals surface area contributed by atoms with E-state index in [4.69, 9.17) is 9.15 Å². The van der Waals surface area contributed by atoms with E-state index in [-0.39, 0.29) is 17.8 Å². The fraction of sp³-hybridized carbons (Fsp3) is 0.250. The molecule has 1 N–H and O–H groups in total. The molecule has 1 aliphatic rings. The van der Waals surface area contributed by atoms with Crippen LogP contribution in [0.2, 0.25) is 0 Å². The number of carbonyl (C=O) groups is 2. The van der Waals surface area contributed by atoms with Crippen LogP contribution in [0.4, 0.5) is 5.82 Å². The number of nitrogens with zero attached hydrogens (tertiary/aromatic N) is 2. The first kappa shape index (κ1) is 17.1. The van der Waals surface area contributed by atoms with Crippen molar-refractivity contribution in [2.24, 2.45) is 7.05 Å². The number of benzene rings is 1. The summed E-state index contributed by atoms with van der Waals surface area (Å²) in [6.45, 7) is 2.11. The van der Waals surface area contributed by atoms with Crippen molar-refractivity contribution in [1.29, 1.82) is 0 Å². The maximum Gasteiger partial charge on any atom is 0.338 e. The minimum atomic E-state index is -0.346. The largest absolute Gasteiger partial charge is 0.462 e. The Balaban J connectivity index is 1.61. The average Bonchev–Trinajstić information content (AvgIpc) is 3.29. The first-order valence-corrected chi connectivity index (χ1v) is 8.76. The SMILES string of the molecule is CCOC(=O)c1ccc(-c2ccc([C@H]3CC(=O)Nc4c3cnn4C)o2)cc1. The normalized spacial score (nSPS) is 15.9. The van der Waals surface area contributed by atoms with Gasteiger partial charge >= 0.3 is 5.97 Å². The molecule has 0 radical (unpaired) electrons. The van der Waals surface area contributed by atoms with Gasteiger partial charge in [-0.2, -0.15) is 5.10 Å². The van der Waals surface area contributed by atoms with E-state index < -0.39 is 0 Å². The highest BCUT2D eigenvalue weighted by molar-refractivity contribution is 5.94. The molecule has 1 amide bonds. The van der Waals surface area contributed by atoms with Crippen molar-refractivity contribution in [3.8, 4) is 11.3 Å². The maximum atomic E-state index is 12.1. The van der Waals surface area contributed by atoms with Crippen LogP contribution in [0.1, 0.15) is 40.9 Å². The molecular formula is C20H19N3O4. The Kier molecular flexibility index (Phi) is 4.27. The predicted molar refractivity (Wildman–Crippen MR) is 98.4 cm³/mol. The van der Waals surface area contributed by atoms with Gasteiger partial charge in [-0.1, -0.05) is 12.1 Å². The van der Waals surface area contributed by atoms with Gasteiger partial charge in [0.2, 0.25) is 5.91 Å². The highest BCUT2D eigenvalue weighted by atomic mass is 16.5. The Labute approximate surface area is 155 Å². The van der Waals surface area contributed by atoms with Gasteiger partial charge < -0.3 is 14.5 Å². The second-order valence-corrected chi connectivity index (χ2v) is 6.38. The summed E-state index contributed by atoms with van der Waals surface area (Å²) in [7, 11) is 1.79. The maximum absolute atomic E-state index is 12.1. The summed E-state index contributed by atoms with van der Waals surface area (Å²) in [6.07, 6.45) is 2.07. The molecule has 1 aromatic carbocycles. The number of hydrogen-bond acceptors (Lipinski definition) is 5. The molecule has 0 saturated heterocycles. The molecule has 0 fully saturated rings. The standard InChI is InChI=1S/C20H19N3O4/c1-3-26-20(25)13-6-4-12(5-7-13)16-8-9-17(27-16)14-10-18(24)22-19-15(14)11-21-23(19)2/h4-9,11,14H,3,10H2,1-2H3,(H,22,24)/t14-/m0/s1. The molecule has 2 aromatic heterocycles. The Morgan fingerprint density at radius 1 is 1.30 bits per heavy atom. The van der Waals surface area contributed by atoms with Crippen LogP contribution in [0.15, 0.2) is 47.0 Å². The fourth-order valence-electron chi connectivity index (χ4n) is 3.28. The highest BCUT2D eigenvalue weighted by Crippen LogP contribution is 2.38. The van der Waals surface area contributed by atoms with E-state index in [2.05, 4.69) is 10.4 Å². The molecule has 0 unspecified atom stereocenters. The van der Waals surface area contributed by atoms with Gasteiger partial charge in [-0.05, 0) is 31.2 Å². The van der Waals surface area contributed by atoms with Gasteiger partial charge in [0.1, 0.15) is 17.3 Å². The molecule has 7 nitrogen and oxygen atoms in total. The predicted octanol–water partition coefficient (Wildman–Crippen LogP) is 3.33. The Bertz CT molecular complexity index is 1000. The third-order valence-electron chi connectivity index (χ3n) is 4.64. The summed E-state index contributed by atoms with van der Waals surface area (Å²) in [4.78, 5) is 23.8. The lowest BCUT2D eigenvalue weighted by Crippen LogP contribution is -2.24. The van der Waals surface area contributed by atoms with E-state index in [1.54, 1.807) is 37.0 Å². The van der Waals surface area contributed by atoms with E-state index in [1.807, 2.05) is 24.3 Å². The molecule has 0 saturated carbocycles. The van der Waals surface area contributed by atoms with Crippen molar-refractivity contribution in [2.75, 3.05) is 11.9 Å². The molecule has 7 heteroatoms. The Morgan fingerprint density at radius 3 is 2.81 bits per heavy atom. The van der Waals surface area contributed by atoms with Crippen LogP contribution in [-0.2, 0) is 16.6 Å². The van der Waals surface area contributed by atoms with Crippen LogP contribution >= 0.6 is 0 Å². The number of esters is 1. The average molecular weight is 365 g/mol. The molecule has 3 heterocycles. The summed E-state index contributed by atoms with van der Waals surface area (Å²) < 4.78 is 12.7. The number of ether oxygens (including phenoxy) is 1. The molecule has 0 bridgehead atoms. The fourth-order valence-corrected chi connectivity index (χ4v) is 3.28. The number of aromatic nitrogens is 2. The van der Waals surface area contributed by atoms with Gasteiger partial charge in [-0.25, -0.2) is 4.79 Å². The summed E-state index contributed by atoms with van der Waals surface area (Å²) in [5.74, 6) is 1.51. The molecule has 0 spiro atoms. The van der Waals surface area contributed by atoms with Crippen molar-refractivity contribution in [3.63, 3.8) is 0 Å². The number of fused-ring (bicyclic) bond motifs is 1. The van der Waals surface area contributed by atoms with Crippen LogP contribution in [0, 0.1) is 0 Å². The number of anilines is 1. The van der Waals surface area contributed by atoms with Gasteiger partial charge in [0.05, 0.1) is 24.3 Å². The lowest BCUT2D eigenvalue weighted by Gasteiger charge is -2.21. The molecule has 0 aliphatic carbocycles. The van der Waals surface area contributed by atoms with Gasteiger partial charge in [-0.15, -0.1) is 0 Å². The van der Waals surface area contributed by atoms with E-state index >= 15 is 0 Å². The van der Waals surface area contributed by atoms with Gasteiger partial charge in [-0.3, -0.25) is 9.48 Å². The smallest absolute Gasteiger partial charge is 0.338 e. The summed E-state index contributed by atoms with van der Waals surface area (Å²) in [5, 5.41) is 7.08. The minimum Gasteiger partial charge on any atom is -0.462 e. The number of carbonyl (C=O) groups excluding carboxylic acids is 2. The van der Waals surface area contributed by atoms with Crippen molar-refractivity contribution >= 4 is 17.7 Å². The zero-order chi connectivity index (χ0) is 19.0. The number of rotatable bonds is 4. The topological polar surface area (TPSA) is 86.4 Å². The molecule has 4 rings (SSSR count). The third kappa shape index (κ3) is 3.12. The third-order valence-corrected chi connectivity index (χ3v) is 4.64. The quantitative estimate of drug-likeness (QED) is 0.717. The monoisotopic (exact) mass is 365 g/mol. The van der Waals surface area contributed by atoms with Crippen LogP contribution in [0.25, 0.3) is 11.3 Å². The molecule has 27 heavy (non-hydrogen) atoms. The zero-order valence-corrected chi connectivity index (χ0v) is 15.1. The van der Waals surface area contributed by atoms with Crippen LogP contribution in [0.3, 0.4) is 0 Å². The number of amides is 1. The van der Waals surface area contributed by atoms with Crippen molar-refractivity contribution < 1.29 is 18.7 Å².